The molecular formula is C16H20N4O3. The van der Waals surface area contributed by atoms with Gasteiger partial charge in [-0.15, -0.1) is 0 Å². The first kappa shape index (κ1) is 16.5. The number of carbonyl (C=O) groups is 1. The van der Waals surface area contributed by atoms with Crippen LogP contribution in [0.5, 0.6) is 11.5 Å². The summed E-state index contributed by atoms with van der Waals surface area (Å²) in [6.45, 7) is 3.79. The average molecular weight is 316 g/mol. The van der Waals surface area contributed by atoms with Crippen molar-refractivity contribution in [3.05, 3.63) is 36.2 Å². The molecule has 2 rings (SSSR count). The number of aromatic nitrogens is 2. The van der Waals surface area contributed by atoms with Crippen LogP contribution >= 0.6 is 0 Å². The van der Waals surface area contributed by atoms with Gasteiger partial charge in [-0.2, -0.15) is 0 Å². The third-order valence-electron chi connectivity index (χ3n) is 2.99. The van der Waals surface area contributed by atoms with Crippen molar-refractivity contribution in [1.82, 2.24) is 15.3 Å². The minimum atomic E-state index is -0.203. The van der Waals surface area contributed by atoms with Crippen LogP contribution in [0.4, 0.5) is 11.6 Å². The van der Waals surface area contributed by atoms with Crippen LogP contribution < -0.4 is 20.1 Å². The van der Waals surface area contributed by atoms with Gasteiger partial charge in [0, 0.05) is 24.5 Å². The fourth-order valence-corrected chi connectivity index (χ4v) is 1.89. The lowest BCUT2D eigenvalue weighted by molar-refractivity contribution is 0.0942. The monoisotopic (exact) mass is 316 g/mol. The Hall–Kier alpha value is -2.83. The molecule has 1 aromatic heterocycles. The van der Waals surface area contributed by atoms with E-state index < -0.39 is 0 Å². The molecule has 0 atom stereocenters. The van der Waals surface area contributed by atoms with Gasteiger partial charge in [0.1, 0.15) is 11.5 Å². The van der Waals surface area contributed by atoms with Crippen molar-refractivity contribution in [3.8, 4) is 11.5 Å². The number of amides is 1. The van der Waals surface area contributed by atoms with Crippen LogP contribution in [0.2, 0.25) is 0 Å². The molecule has 0 aliphatic carbocycles. The smallest absolute Gasteiger partial charge is 0.254 e. The lowest BCUT2D eigenvalue weighted by atomic mass is 10.2. The van der Waals surface area contributed by atoms with Crippen molar-refractivity contribution in [2.24, 2.45) is 0 Å². The van der Waals surface area contributed by atoms with Crippen molar-refractivity contribution in [1.29, 1.82) is 0 Å². The number of ether oxygens (including phenoxy) is 2. The molecule has 0 unspecified atom stereocenters. The molecule has 0 saturated heterocycles. The molecule has 0 spiro atoms. The van der Waals surface area contributed by atoms with Gasteiger partial charge < -0.3 is 20.1 Å². The molecule has 0 saturated carbocycles. The maximum atomic E-state index is 11.9. The molecule has 122 valence electrons. The second-order valence-corrected chi connectivity index (χ2v) is 5.11. The molecule has 1 aromatic carbocycles. The molecule has 23 heavy (non-hydrogen) atoms. The summed E-state index contributed by atoms with van der Waals surface area (Å²) in [6, 6.07) is 5.42. The Kier molecular flexibility index (Phi) is 5.35. The predicted molar refractivity (Wildman–Crippen MR) is 87.5 cm³/mol. The Labute approximate surface area is 135 Å². The molecule has 2 aromatic rings. The van der Waals surface area contributed by atoms with Gasteiger partial charge in [-0.05, 0) is 26.0 Å². The number of hydrogen-bond donors (Lipinski definition) is 2. The van der Waals surface area contributed by atoms with Gasteiger partial charge in [0.05, 0.1) is 25.5 Å². The minimum absolute atomic E-state index is 0.0568. The summed E-state index contributed by atoms with van der Waals surface area (Å²) in [6.07, 6.45) is 2.94. The largest absolute Gasteiger partial charge is 0.497 e. The Morgan fingerprint density at radius 1 is 1.13 bits per heavy atom. The van der Waals surface area contributed by atoms with Crippen LogP contribution in [0.1, 0.15) is 24.2 Å². The molecule has 1 heterocycles. The van der Waals surface area contributed by atoms with Crippen molar-refractivity contribution in [2.75, 3.05) is 19.5 Å². The molecule has 2 N–H and O–H groups in total. The molecule has 0 fully saturated rings. The molecule has 7 heteroatoms. The van der Waals surface area contributed by atoms with Gasteiger partial charge in [-0.1, -0.05) is 0 Å². The van der Waals surface area contributed by atoms with Gasteiger partial charge in [-0.25, -0.2) is 9.97 Å². The fraction of sp³-hybridized carbons (Fsp3) is 0.312. The molecule has 0 radical (unpaired) electrons. The third-order valence-corrected chi connectivity index (χ3v) is 2.99. The molecule has 0 bridgehead atoms. The Balaban J connectivity index is 2.16. The maximum Gasteiger partial charge on any atom is 0.254 e. The second-order valence-electron chi connectivity index (χ2n) is 5.11. The van der Waals surface area contributed by atoms with E-state index in [2.05, 4.69) is 20.6 Å². The number of hydrogen-bond acceptors (Lipinski definition) is 6. The van der Waals surface area contributed by atoms with E-state index in [1.54, 1.807) is 32.4 Å². The minimum Gasteiger partial charge on any atom is -0.497 e. The summed E-state index contributed by atoms with van der Waals surface area (Å²) in [5.74, 6) is 1.47. The first-order chi connectivity index (χ1) is 11.0. The topological polar surface area (TPSA) is 85.4 Å². The number of nitrogens with one attached hydrogen (secondary N) is 2. The van der Waals surface area contributed by atoms with Crippen molar-refractivity contribution >= 4 is 17.5 Å². The molecule has 0 aliphatic heterocycles. The van der Waals surface area contributed by atoms with Gasteiger partial charge in [-0.3, -0.25) is 4.79 Å². The van der Waals surface area contributed by atoms with Crippen LogP contribution in [-0.4, -0.2) is 36.1 Å². The maximum absolute atomic E-state index is 11.9. The summed E-state index contributed by atoms with van der Waals surface area (Å²) in [5.41, 5.74) is 1.08. The van der Waals surface area contributed by atoms with E-state index in [-0.39, 0.29) is 11.9 Å². The SMILES string of the molecule is COc1ccc(OC)c(Nc2ncc(C(=O)NC(C)C)cn2)c1. The number of anilines is 2. The van der Waals surface area contributed by atoms with Crippen LogP contribution in [-0.2, 0) is 0 Å². The zero-order chi connectivity index (χ0) is 16.8. The highest BCUT2D eigenvalue weighted by Gasteiger charge is 2.10. The van der Waals surface area contributed by atoms with E-state index in [4.69, 9.17) is 9.47 Å². The van der Waals surface area contributed by atoms with E-state index in [9.17, 15) is 4.79 Å². The summed E-state index contributed by atoms with van der Waals surface area (Å²) in [7, 11) is 3.16. The van der Waals surface area contributed by atoms with Gasteiger partial charge in [0.25, 0.3) is 5.91 Å². The zero-order valence-corrected chi connectivity index (χ0v) is 13.6. The fourth-order valence-electron chi connectivity index (χ4n) is 1.89. The van der Waals surface area contributed by atoms with Crippen LogP contribution in [0, 0.1) is 0 Å². The lowest BCUT2D eigenvalue weighted by Gasteiger charge is -2.12. The Morgan fingerprint density at radius 2 is 1.83 bits per heavy atom. The normalized spacial score (nSPS) is 10.3. The van der Waals surface area contributed by atoms with Gasteiger partial charge in [0.2, 0.25) is 5.95 Å². The van der Waals surface area contributed by atoms with Crippen molar-refractivity contribution in [3.63, 3.8) is 0 Å². The van der Waals surface area contributed by atoms with Crippen molar-refractivity contribution in [2.45, 2.75) is 19.9 Å². The van der Waals surface area contributed by atoms with E-state index in [0.717, 1.165) is 0 Å². The quantitative estimate of drug-likeness (QED) is 0.851. The molecule has 7 nitrogen and oxygen atoms in total. The van der Waals surface area contributed by atoms with Crippen molar-refractivity contribution < 1.29 is 14.3 Å². The number of benzene rings is 1. The number of carbonyl (C=O) groups excluding carboxylic acids is 1. The first-order valence-corrected chi connectivity index (χ1v) is 7.15. The van der Waals surface area contributed by atoms with Crippen LogP contribution in [0.15, 0.2) is 30.6 Å². The number of rotatable bonds is 6. The van der Waals surface area contributed by atoms with E-state index in [1.807, 2.05) is 13.8 Å². The standard InChI is InChI=1S/C16H20N4O3/c1-10(2)19-15(21)11-8-17-16(18-9-11)20-13-7-12(22-3)5-6-14(13)23-4/h5-10H,1-4H3,(H,19,21)(H,17,18,20). The first-order valence-electron chi connectivity index (χ1n) is 7.15. The second kappa shape index (κ2) is 7.44. The Bertz CT molecular complexity index is 672. The predicted octanol–water partition coefficient (Wildman–Crippen LogP) is 2.38. The number of nitrogens with zero attached hydrogens (tertiary/aromatic N) is 2. The molecule has 0 aliphatic rings. The summed E-state index contributed by atoms with van der Waals surface area (Å²) in [4.78, 5) is 20.2. The summed E-state index contributed by atoms with van der Waals surface area (Å²) < 4.78 is 10.5. The third kappa shape index (κ3) is 4.32. The van der Waals surface area contributed by atoms with E-state index >= 15 is 0 Å². The molecular weight excluding hydrogens is 296 g/mol. The summed E-state index contributed by atoms with van der Waals surface area (Å²) in [5, 5.41) is 5.83. The van der Waals surface area contributed by atoms with E-state index in [0.29, 0.717) is 28.7 Å². The number of methoxy groups -OCH3 is 2. The lowest BCUT2D eigenvalue weighted by Crippen LogP contribution is -2.30. The van der Waals surface area contributed by atoms with Gasteiger partial charge in [0.15, 0.2) is 0 Å². The highest BCUT2D eigenvalue weighted by molar-refractivity contribution is 5.93. The molecule has 1 amide bonds. The van der Waals surface area contributed by atoms with Gasteiger partial charge >= 0.3 is 0 Å². The highest BCUT2D eigenvalue weighted by Crippen LogP contribution is 2.30. The van der Waals surface area contributed by atoms with E-state index in [1.165, 1.54) is 12.4 Å². The highest BCUT2D eigenvalue weighted by atomic mass is 16.5. The summed E-state index contributed by atoms with van der Waals surface area (Å²) >= 11 is 0. The zero-order valence-electron chi connectivity index (χ0n) is 13.6. The average Bonchev–Trinajstić information content (AvgIpc) is 2.54. The van der Waals surface area contributed by atoms with Crippen LogP contribution in [0.3, 0.4) is 0 Å². The Morgan fingerprint density at radius 3 is 2.39 bits per heavy atom. The van der Waals surface area contributed by atoms with Crippen LogP contribution in [0.25, 0.3) is 0 Å².